The minimum Gasteiger partial charge on any atom is -0.360 e. The summed E-state index contributed by atoms with van der Waals surface area (Å²) in [5.74, 6) is 0.841. The van der Waals surface area contributed by atoms with Gasteiger partial charge in [0.2, 0.25) is 5.13 Å². The fourth-order valence-electron chi connectivity index (χ4n) is 2.33. The van der Waals surface area contributed by atoms with Crippen LogP contribution in [0.1, 0.15) is 39.4 Å². The van der Waals surface area contributed by atoms with Crippen molar-refractivity contribution in [3.8, 4) is 0 Å². The number of nitrogens with zero attached hydrogens (tertiary/aromatic N) is 3. The van der Waals surface area contributed by atoms with E-state index in [0.717, 1.165) is 5.82 Å². The molecule has 1 N–H and O–H groups in total. The lowest BCUT2D eigenvalue weighted by Crippen LogP contribution is -2.45. The van der Waals surface area contributed by atoms with Crippen molar-refractivity contribution in [3.63, 3.8) is 0 Å². The van der Waals surface area contributed by atoms with Crippen LogP contribution in [0, 0.1) is 5.92 Å². The number of alkyl halides is 3. The van der Waals surface area contributed by atoms with Crippen LogP contribution in [0.4, 0.5) is 18.3 Å². The molecule has 0 aliphatic carbocycles. The summed E-state index contributed by atoms with van der Waals surface area (Å²) in [4.78, 5) is 4.39. The average Bonchev–Trinajstić information content (AvgIpc) is 2.93. The van der Waals surface area contributed by atoms with Crippen molar-refractivity contribution in [3.05, 3.63) is 5.82 Å². The van der Waals surface area contributed by atoms with Crippen LogP contribution >= 0.6 is 11.5 Å². The summed E-state index contributed by atoms with van der Waals surface area (Å²) < 4.78 is 65.1. The first-order chi connectivity index (χ1) is 10.9. The van der Waals surface area contributed by atoms with Gasteiger partial charge in [-0.2, -0.15) is 21.9 Å². The second-order valence-corrected chi connectivity index (χ2v) is 9.53. The Hall–Kier alpha value is -0.940. The van der Waals surface area contributed by atoms with Gasteiger partial charge in [0, 0.05) is 36.6 Å². The van der Waals surface area contributed by atoms with Crippen molar-refractivity contribution >= 4 is 26.7 Å². The summed E-state index contributed by atoms with van der Waals surface area (Å²) in [5.41, 5.74) is -5.37. The van der Waals surface area contributed by atoms with E-state index in [1.807, 2.05) is 20.8 Å². The summed E-state index contributed by atoms with van der Waals surface area (Å²) in [6.07, 6.45) is 0.764. The minimum atomic E-state index is -5.23. The van der Waals surface area contributed by atoms with E-state index in [2.05, 4.69) is 14.7 Å². The summed E-state index contributed by atoms with van der Waals surface area (Å²) >= 11 is 1.25. The van der Waals surface area contributed by atoms with Crippen LogP contribution in [0.5, 0.6) is 0 Å². The quantitative estimate of drug-likeness (QED) is 0.861. The van der Waals surface area contributed by atoms with E-state index in [0.29, 0.717) is 28.8 Å². The highest BCUT2D eigenvalue weighted by Gasteiger charge is 2.50. The van der Waals surface area contributed by atoms with Crippen LogP contribution in [0.15, 0.2) is 0 Å². The molecule has 2 rings (SSSR count). The fraction of sp³-hybridized carbons (Fsp3) is 0.846. The van der Waals surface area contributed by atoms with Gasteiger partial charge in [-0.15, -0.1) is 0 Å². The summed E-state index contributed by atoms with van der Waals surface area (Å²) in [7, 11) is -5.21. The van der Waals surface area contributed by atoms with Crippen molar-refractivity contribution in [1.82, 2.24) is 13.7 Å². The smallest absolute Gasteiger partial charge is 0.360 e. The lowest BCUT2D eigenvalue weighted by atomic mass is 9.96. The molecule has 1 aromatic heterocycles. The number of rotatable bonds is 4. The summed E-state index contributed by atoms with van der Waals surface area (Å²) in [6, 6.07) is 0. The highest BCUT2D eigenvalue weighted by Crippen LogP contribution is 2.30. The summed E-state index contributed by atoms with van der Waals surface area (Å²) in [5, 5.41) is 3.82. The molecule has 0 bridgehead atoms. The molecule has 0 spiro atoms. The van der Waals surface area contributed by atoms with E-state index in [1.54, 1.807) is 0 Å². The molecule has 6 nitrogen and oxygen atoms in total. The molecule has 11 heteroatoms. The molecule has 0 atom stereocenters. The maximum Gasteiger partial charge on any atom is 0.511 e. The second kappa shape index (κ2) is 6.75. The van der Waals surface area contributed by atoms with Crippen molar-refractivity contribution in [2.24, 2.45) is 5.92 Å². The molecule has 0 amide bonds. The number of nitrogens with one attached hydrogen (secondary N) is 1. The minimum absolute atomic E-state index is 0.103. The van der Waals surface area contributed by atoms with Gasteiger partial charge < -0.3 is 5.32 Å². The molecule has 0 radical (unpaired) electrons. The molecule has 0 saturated carbocycles. The number of aromatic nitrogens is 2. The van der Waals surface area contributed by atoms with E-state index < -0.39 is 15.5 Å². The largest absolute Gasteiger partial charge is 0.511 e. The molecular formula is C13H21F3N4O2S2. The average molecular weight is 386 g/mol. The molecule has 0 unspecified atom stereocenters. The van der Waals surface area contributed by atoms with Gasteiger partial charge >= 0.3 is 15.5 Å². The predicted octanol–water partition coefficient (Wildman–Crippen LogP) is 2.81. The Morgan fingerprint density at radius 3 is 2.29 bits per heavy atom. The normalized spacial score (nSPS) is 18.8. The van der Waals surface area contributed by atoms with E-state index in [9.17, 15) is 21.6 Å². The SMILES string of the molecule is CC(C)(C)c1nsc(NCC2CCN(S(=O)(=O)C(F)(F)F)CC2)n1. The Bertz CT molecular complexity index is 659. The van der Waals surface area contributed by atoms with Crippen molar-refractivity contribution < 1.29 is 21.6 Å². The van der Waals surface area contributed by atoms with Crippen molar-refractivity contribution in [2.45, 2.75) is 44.5 Å². The van der Waals surface area contributed by atoms with Crippen LogP contribution in [0.2, 0.25) is 0 Å². The molecule has 1 aromatic rings. The van der Waals surface area contributed by atoms with Gasteiger partial charge in [-0.3, -0.25) is 0 Å². The maximum atomic E-state index is 12.5. The van der Waals surface area contributed by atoms with Gasteiger partial charge in [-0.1, -0.05) is 20.8 Å². The Labute approximate surface area is 143 Å². The van der Waals surface area contributed by atoms with E-state index in [-0.39, 0.29) is 24.4 Å². The van der Waals surface area contributed by atoms with Gasteiger partial charge in [-0.05, 0) is 18.8 Å². The van der Waals surface area contributed by atoms with Gasteiger partial charge in [0.25, 0.3) is 0 Å². The molecule has 1 aliphatic heterocycles. The zero-order valence-corrected chi connectivity index (χ0v) is 15.4. The first kappa shape index (κ1) is 19.4. The third-order valence-electron chi connectivity index (χ3n) is 3.84. The Kier molecular flexibility index (Phi) is 5.46. The van der Waals surface area contributed by atoms with Crippen LogP contribution in [-0.2, 0) is 15.4 Å². The van der Waals surface area contributed by atoms with Gasteiger partial charge in [0.15, 0.2) is 0 Å². The first-order valence-electron chi connectivity index (χ1n) is 7.56. The number of piperidine rings is 1. The van der Waals surface area contributed by atoms with E-state index in [1.165, 1.54) is 11.5 Å². The molecule has 1 saturated heterocycles. The fourth-order valence-corrected chi connectivity index (χ4v) is 4.08. The third-order valence-corrected chi connectivity index (χ3v) is 6.15. The van der Waals surface area contributed by atoms with Crippen LogP contribution < -0.4 is 5.32 Å². The molecule has 1 aliphatic rings. The van der Waals surface area contributed by atoms with E-state index in [4.69, 9.17) is 0 Å². The zero-order valence-electron chi connectivity index (χ0n) is 13.7. The second-order valence-electron chi connectivity index (χ2n) is 6.85. The number of halogens is 3. The van der Waals surface area contributed by atoms with Gasteiger partial charge in [0.1, 0.15) is 5.82 Å². The molecule has 138 valence electrons. The van der Waals surface area contributed by atoms with Crippen LogP contribution in [0.3, 0.4) is 0 Å². The van der Waals surface area contributed by atoms with E-state index >= 15 is 0 Å². The standard InChI is InChI=1S/C13H21F3N4O2S2/c1-12(2,3)10-18-11(23-19-10)17-8-9-4-6-20(7-5-9)24(21,22)13(14,15)16/h9H,4-8H2,1-3H3,(H,17,18,19). The zero-order chi connectivity index (χ0) is 18.2. The van der Waals surface area contributed by atoms with Crippen LogP contribution in [-0.4, -0.2) is 47.2 Å². The number of hydrogen-bond acceptors (Lipinski definition) is 6. The predicted molar refractivity (Wildman–Crippen MR) is 86.4 cm³/mol. The van der Waals surface area contributed by atoms with Crippen LogP contribution in [0.25, 0.3) is 0 Å². The Morgan fingerprint density at radius 2 is 1.83 bits per heavy atom. The highest BCUT2D eigenvalue weighted by atomic mass is 32.2. The van der Waals surface area contributed by atoms with Gasteiger partial charge in [0.05, 0.1) is 0 Å². The topological polar surface area (TPSA) is 75.2 Å². The van der Waals surface area contributed by atoms with Crippen molar-refractivity contribution in [1.29, 1.82) is 0 Å². The molecule has 2 heterocycles. The molecule has 0 aromatic carbocycles. The third kappa shape index (κ3) is 4.37. The lowest BCUT2D eigenvalue weighted by Gasteiger charge is -2.31. The highest BCUT2D eigenvalue weighted by molar-refractivity contribution is 7.90. The maximum absolute atomic E-state index is 12.5. The first-order valence-corrected chi connectivity index (χ1v) is 9.77. The number of hydrogen-bond donors (Lipinski definition) is 1. The molecular weight excluding hydrogens is 365 g/mol. The number of sulfonamides is 1. The monoisotopic (exact) mass is 386 g/mol. The molecule has 24 heavy (non-hydrogen) atoms. The summed E-state index contributed by atoms with van der Waals surface area (Å²) in [6.45, 7) is 6.34. The van der Waals surface area contributed by atoms with Gasteiger partial charge in [-0.25, -0.2) is 13.4 Å². The van der Waals surface area contributed by atoms with Crippen molar-refractivity contribution in [2.75, 3.05) is 25.0 Å². The lowest BCUT2D eigenvalue weighted by molar-refractivity contribution is -0.0496. The molecule has 1 fully saturated rings. The number of anilines is 1. The Balaban J connectivity index is 1.85. The Morgan fingerprint density at radius 1 is 1.25 bits per heavy atom.